The van der Waals surface area contributed by atoms with Gasteiger partial charge in [0.1, 0.15) is 5.82 Å². The molecule has 0 bridgehead atoms. The first kappa shape index (κ1) is 13.0. The number of nitrogens with zero attached hydrogens (tertiary/aromatic N) is 1. The van der Waals surface area contributed by atoms with Crippen LogP contribution in [0.5, 0.6) is 0 Å². The van der Waals surface area contributed by atoms with Gasteiger partial charge in [0.05, 0.1) is 12.8 Å². The number of esters is 1. The van der Waals surface area contributed by atoms with Gasteiger partial charge in [0, 0.05) is 23.6 Å². The number of carbonyl (C=O) groups excluding carboxylic acids is 1. The van der Waals surface area contributed by atoms with Crippen LogP contribution in [0, 0.1) is 5.82 Å². The van der Waals surface area contributed by atoms with Crippen LogP contribution >= 0.6 is 0 Å². The van der Waals surface area contributed by atoms with Gasteiger partial charge in [-0.3, -0.25) is 0 Å². The molecule has 1 heterocycles. The van der Waals surface area contributed by atoms with E-state index in [9.17, 15) is 9.18 Å². The number of methoxy groups -OCH3 is 1. The molecule has 4 nitrogen and oxygen atoms in total. The first-order valence-corrected chi connectivity index (χ1v) is 5.58. The van der Waals surface area contributed by atoms with E-state index in [0.717, 1.165) is 0 Å². The van der Waals surface area contributed by atoms with Crippen molar-refractivity contribution in [2.45, 2.75) is 6.42 Å². The van der Waals surface area contributed by atoms with Crippen LogP contribution in [0.1, 0.15) is 5.69 Å². The largest absolute Gasteiger partial charge is 0.466 e. The van der Waals surface area contributed by atoms with Crippen molar-refractivity contribution in [2.75, 3.05) is 7.11 Å². The normalized spacial score (nSPS) is 10.2. The zero-order valence-electron chi connectivity index (χ0n) is 10.4. The fourth-order valence-corrected chi connectivity index (χ4v) is 1.58. The molecule has 0 fully saturated rings. The fraction of sp³-hybridized carbons (Fsp3) is 0.143. The molecule has 0 amide bonds. The van der Waals surface area contributed by atoms with Crippen LogP contribution in [0.25, 0.3) is 11.3 Å². The average Bonchev–Trinajstić information content (AvgIpc) is 2.87. The van der Waals surface area contributed by atoms with Crippen molar-refractivity contribution in [3.8, 4) is 11.3 Å². The second-order valence-corrected chi connectivity index (χ2v) is 3.96. The quantitative estimate of drug-likeness (QED) is 0.627. The van der Waals surface area contributed by atoms with E-state index in [-0.39, 0.29) is 12.2 Å². The number of ether oxygens (including phenoxy) is 1. The average molecular weight is 261 g/mol. The molecule has 19 heavy (non-hydrogen) atoms. The van der Waals surface area contributed by atoms with E-state index in [1.54, 1.807) is 18.2 Å². The van der Waals surface area contributed by atoms with E-state index < -0.39 is 5.97 Å². The van der Waals surface area contributed by atoms with Gasteiger partial charge in [-0.15, -0.1) is 0 Å². The third-order valence-electron chi connectivity index (χ3n) is 2.56. The molecule has 0 saturated heterocycles. The Kier molecular flexibility index (Phi) is 3.75. The second kappa shape index (κ2) is 5.48. The van der Waals surface area contributed by atoms with E-state index in [0.29, 0.717) is 22.6 Å². The Balaban J connectivity index is 2.13. The molecule has 0 saturated carbocycles. The van der Waals surface area contributed by atoms with Gasteiger partial charge in [-0.05, 0) is 24.3 Å². The lowest BCUT2D eigenvalue weighted by atomic mass is 10.1. The van der Waals surface area contributed by atoms with Gasteiger partial charge >= 0.3 is 5.97 Å². The van der Waals surface area contributed by atoms with Gasteiger partial charge in [-0.1, -0.05) is 11.7 Å². The first-order valence-electron chi connectivity index (χ1n) is 5.58. The number of benzene rings is 1. The van der Waals surface area contributed by atoms with Crippen molar-refractivity contribution in [3.05, 3.63) is 54.0 Å². The molecule has 0 radical (unpaired) electrons. The summed E-state index contributed by atoms with van der Waals surface area (Å²) in [5.74, 6) is -0.290. The standard InChI is InChI=1S/C14H12FNO3/c1-9(14(17)18-2)7-12-8-13(19-16-12)10-3-5-11(15)6-4-10/h3-6,8H,1,7H2,2H3. The number of halogens is 1. The molecular weight excluding hydrogens is 249 g/mol. The van der Waals surface area contributed by atoms with Crippen LogP contribution in [0.3, 0.4) is 0 Å². The van der Waals surface area contributed by atoms with E-state index >= 15 is 0 Å². The van der Waals surface area contributed by atoms with Crippen molar-refractivity contribution in [1.82, 2.24) is 5.16 Å². The van der Waals surface area contributed by atoms with Gasteiger partial charge < -0.3 is 9.26 Å². The lowest BCUT2D eigenvalue weighted by Crippen LogP contribution is -2.06. The number of carbonyl (C=O) groups is 1. The smallest absolute Gasteiger partial charge is 0.333 e. The van der Waals surface area contributed by atoms with E-state index in [2.05, 4.69) is 16.5 Å². The Bertz CT molecular complexity index is 601. The topological polar surface area (TPSA) is 52.3 Å². The summed E-state index contributed by atoms with van der Waals surface area (Å²) in [4.78, 5) is 11.2. The van der Waals surface area contributed by atoms with E-state index in [1.807, 2.05) is 0 Å². The van der Waals surface area contributed by atoms with Gasteiger partial charge in [0.25, 0.3) is 0 Å². The highest BCUT2D eigenvalue weighted by molar-refractivity contribution is 5.88. The second-order valence-electron chi connectivity index (χ2n) is 3.96. The summed E-state index contributed by atoms with van der Waals surface area (Å²) in [6.45, 7) is 3.61. The molecule has 0 spiro atoms. The highest BCUT2D eigenvalue weighted by Gasteiger charge is 2.12. The van der Waals surface area contributed by atoms with Crippen LogP contribution in [-0.2, 0) is 16.0 Å². The van der Waals surface area contributed by atoms with Crippen molar-refractivity contribution in [3.63, 3.8) is 0 Å². The summed E-state index contributed by atoms with van der Waals surface area (Å²) in [5.41, 5.74) is 1.57. The highest BCUT2D eigenvalue weighted by atomic mass is 19.1. The third-order valence-corrected chi connectivity index (χ3v) is 2.56. The lowest BCUT2D eigenvalue weighted by Gasteiger charge is -1.99. The Labute approximate surface area is 109 Å². The summed E-state index contributed by atoms with van der Waals surface area (Å²) in [6.07, 6.45) is 0.247. The van der Waals surface area contributed by atoms with Gasteiger partial charge in [0.2, 0.25) is 0 Å². The van der Waals surface area contributed by atoms with Crippen molar-refractivity contribution in [1.29, 1.82) is 0 Å². The van der Waals surface area contributed by atoms with Gasteiger partial charge in [0.15, 0.2) is 5.76 Å². The van der Waals surface area contributed by atoms with Crippen LogP contribution in [0.4, 0.5) is 4.39 Å². The monoisotopic (exact) mass is 261 g/mol. The Morgan fingerprint density at radius 2 is 2.11 bits per heavy atom. The van der Waals surface area contributed by atoms with Crippen molar-refractivity contribution in [2.24, 2.45) is 0 Å². The maximum absolute atomic E-state index is 12.8. The SMILES string of the molecule is C=C(Cc1cc(-c2ccc(F)cc2)on1)C(=O)OC. The molecule has 0 aliphatic heterocycles. The third kappa shape index (κ3) is 3.07. The first-order chi connectivity index (χ1) is 9.10. The number of aromatic nitrogens is 1. The van der Waals surface area contributed by atoms with Gasteiger partial charge in [-0.2, -0.15) is 0 Å². The van der Waals surface area contributed by atoms with Crippen LogP contribution in [0.2, 0.25) is 0 Å². The molecule has 0 atom stereocenters. The molecule has 0 aliphatic rings. The van der Waals surface area contributed by atoms with Gasteiger partial charge in [-0.25, -0.2) is 9.18 Å². The zero-order chi connectivity index (χ0) is 13.8. The summed E-state index contributed by atoms with van der Waals surface area (Å²) >= 11 is 0. The van der Waals surface area contributed by atoms with Crippen molar-refractivity contribution < 1.29 is 18.4 Å². The minimum atomic E-state index is -0.480. The summed E-state index contributed by atoms with van der Waals surface area (Å²) in [6, 6.07) is 7.54. The summed E-state index contributed by atoms with van der Waals surface area (Å²) < 4.78 is 22.5. The predicted octanol–water partition coefficient (Wildman–Crippen LogP) is 2.75. The fourth-order valence-electron chi connectivity index (χ4n) is 1.58. The molecule has 5 heteroatoms. The minimum Gasteiger partial charge on any atom is -0.466 e. The van der Waals surface area contributed by atoms with Crippen LogP contribution in [-0.4, -0.2) is 18.2 Å². The maximum atomic E-state index is 12.8. The zero-order valence-corrected chi connectivity index (χ0v) is 10.4. The number of hydrogen-bond acceptors (Lipinski definition) is 4. The molecule has 2 rings (SSSR count). The minimum absolute atomic E-state index is 0.247. The Hall–Kier alpha value is -2.43. The molecule has 0 aliphatic carbocycles. The van der Waals surface area contributed by atoms with E-state index in [4.69, 9.17) is 4.52 Å². The molecule has 98 valence electrons. The van der Waals surface area contributed by atoms with E-state index in [1.165, 1.54) is 19.2 Å². The highest BCUT2D eigenvalue weighted by Crippen LogP contribution is 2.21. The van der Waals surface area contributed by atoms with Crippen molar-refractivity contribution >= 4 is 5.97 Å². The molecular formula is C14H12FNO3. The number of hydrogen-bond donors (Lipinski definition) is 0. The summed E-state index contributed by atoms with van der Waals surface area (Å²) in [5, 5.41) is 3.83. The lowest BCUT2D eigenvalue weighted by molar-refractivity contribution is -0.136. The maximum Gasteiger partial charge on any atom is 0.333 e. The Morgan fingerprint density at radius 3 is 2.74 bits per heavy atom. The molecule has 0 N–H and O–H groups in total. The Morgan fingerprint density at radius 1 is 1.42 bits per heavy atom. The predicted molar refractivity (Wildman–Crippen MR) is 66.8 cm³/mol. The number of rotatable bonds is 4. The molecule has 1 aromatic carbocycles. The van der Waals surface area contributed by atoms with Crippen LogP contribution in [0.15, 0.2) is 47.0 Å². The molecule has 1 aromatic heterocycles. The molecule has 0 unspecified atom stereocenters. The summed E-state index contributed by atoms with van der Waals surface area (Å²) in [7, 11) is 1.29. The van der Waals surface area contributed by atoms with Crippen LogP contribution < -0.4 is 0 Å². The molecule has 2 aromatic rings.